The molecule has 2 unspecified atom stereocenters. The highest BCUT2D eigenvalue weighted by atomic mass is 32.2. The lowest BCUT2D eigenvalue weighted by molar-refractivity contribution is 0.378. The van der Waals surface area contributed by atoms with E-state index in [0.29, 0.717) is 0 Å². The van der Waals surface area contributed by atoms with E-state index in [2.05, 4.69) is 43.7 Å². The van der Waals surface area contributed by atoms with Crippen LogP contribution in [0.1, 0.15) is 50.7 Å². The second-order valence-electron chi connectivity index (χ2n) is 5.76. The molecule has 1 saturated carbocycles. The zero-order valence-corrected chi connectivity index (χ0v) is 13.4. The van der Waals surface area contributed by atoms with Gasteiger partial charge in [0.15, 0.2) is 0 Å². The van der Waals surface area contributed by atoms with Gasteiger partial charge in [0.1, 0.15) is 0 Å². The average molecular weight is 277 g/mol. The molecule has 1 aromatic carbocycles. The summed E-state index contributed by atoms with van der Waals surface area (Å²) in [6.45, 7) is 7.93. The summed E-state index contributed by atoms with van der Waals surface area (Å²) in [7, 11) is 0. The largest absolute Gasteiger partial charge is 0.260 e. The molecule has 0 bridgehead atoms. The molecular weight excluding hydrogens is 250 g/mol. The van der Waals surface area contributed by atoms with Crippen molar-refractivity contribution in [2.45, 2.75) is 57.8 Å². The van der Waals surface area contributed by atoms with Crippen molar-refractivity contribution in [2.75, 3.05) is 6.54 Å². The highest BCUT2D eigenvalue weighted by Gasteiger charge is 2.25. The first-order valence-corrected chi connectivity index (χ1v) is 8.55. The predicted molar refractivity (Wildman–Crippen MR) is 85.5 cm³/mol. The van der Waals surface area contributed by atoms with E-state index < -0.39 is 0 Å². The van der Waals surface area contributed by atoms with E-state index in [4.69, 9.17) is 0 Å². The third-order valence-electron chi connectivity index (χ3n) is 4.53. The SMILES string of the molecule is CCc1ccc(C)c(SNCC2CCCC2CC)c1. The molecule has 0 spiro atoms. The minimum atomic E-state index is 0.896. The number of rotatable bonds is 6. The summed E-state index contributed by atoms with van der Waals surface area (Å²) >= 11 is 1.83. The molecule has 2 rings (SSSR count). The summed E-state index contributed by atoms with van der Waals surface area (Å²) in [5.41, 5.74) is 2.82. The van der Waals surface area contributed by atoms with Crippen LogP contribution in [0.4, 0.5) is 0 Å². The molecule has 0 aliphatic heterocycles. The first kappa shape index (κ1) is 14.9. The maximum absolute atomic E-state index is 3.62. The molecule has 19 heavy (non-hydrogen) atoms. The minimum absolute atomic E-state index is 0.896. The van der Waals surface area contributed by atoms with E-state index in [1.807, 2.05) is 11.9 Å². The number of hydrogen-bond donors (Lipinski definition) is 1. The summed E-state index contributed by atoms with van der Waals surface area (Å²) in [5.74, 6) is 1.85. The van der Waals surface area contributed by atoms with Gasteiger partial charge >= 0.3 is 0 Å². The second-order valence-corrected chi connectivity index (χ2v) is 6.70. The molecule has 2 atom stereocenters. The Morgan fingerprint density at radius 1 is 1.21 bits per heavy atom. The Balaban J connectivity index is 1.85. The van der Waals surface area contributed by atoms with Gasteiger partial charge in [0.25, 0.3) is 0 Å². The molecule has 1 aliphatic rings. The normalized spacial score (nSPS) is 22.9. The van der Waals surface area contributed by atoms with E-state index in [1.54, 1.807) is 0 Å². The van der Waals surface area contributed by atoms with Crippen molar-refractivity contribution in [3.8, 4) is 0 Å². The Labute approximate surface area is 122 Å². The van der Waals surface area contributed by atoms with Gasteiger partial charge in [-0.3, -0.25) is 4.72 Å². The Morgan fingerprint density at radius 3 is 2.74 bits per heavy atom. The molecule has 2 heteroatoms. The Morgan fingerprint density at radius 2 is 2.00 bits per heavy atom. The molecule has 0 saturated heterocycles. The number of benzene rings is 1. The fourth-order valence-corrected chi connectivity index (χ4v) is 4.01. The topological polar surface area (TPSA) is 12.0 Å². The predicted octanol–water partition coefficient (Wildman–Crippen LogP) is 4.98. The number of nitrogens with one attached hydrogen (secondary N) is 1. The fourth-order valence-electron chi connectivity index (χ4n) is 3.12. The lowest BCUT2D eigenvalue weighted by Crippen LogP contribution is -2.20. The van der Waals surface area contributed by atoms with E-state index >= 15 is 0 Å². The molecule has 1 aliphatic carbocycles. The summed E-state index contributed by atoms with van der Waals surface area (Å²) in [4.78, 5) is 1.39. The van der Waals surface area contributed by atoms with Gasteiger partial charge in [-0.25, -0.2) is 0 Å². The van der Waals surface area contributed by atoms with Crippen molar-refractivity contribution in [3.63, 3.8) is 0 Å². The van der Waals surface area contributed by atoms with Gasteiger partial charge in [0.05, 0.1) is 0 Å². The third kappa shape index (κ3) is 4.00. The summed E-state index contributed by atoms with van der Waals surface area (Å²) in [6.07, 6.45) is 6.76. The minimum Gasteiger partial charge on any atom is -0.260 e. The standard InChI is InChI=1S/C17H27NS/c1-4-14-10-9-13(3)17(11-14)19-18-12-16-8-6-7-15(16)5-2/h9-11,15-16,18H,4-8,12H2,1-3H3. The Hall–Kier alpha value is -0.470. The van der Waals surface area contributed by atoms with Gasteiger partial charge in [-0.1, -0.05) is 45.2 Å². The highest BCUT2D eigenvalue weighted by Crippen LogP contribution is 2.34. The fraction of sp³-hybridized carbons (Fsp3) is 0.647. The molecule has 0 heterocycles. The molecule has 1 fully saturated rings. The van der Waals surface area contributed by atoms with E-state index in [1.165, 1.54) is 48.3 Å². The maximum Gasteiger partial charge on any atom is 0.0260 e. The quantitative estimate of drug-likeness (QED) is 0.736. The number of hydrogen-bond acceptors (Lipinski definition) is 2. The Kier molecular flexibility index (Phi) is 5.77. The van der Waals surface area contributed by atoms with Crippen molar-refractivity contribution >= 4 is 11.9 Å². The first-order chi connectivity index (χ1) is 9.24. The van der Waals surface area contributed by atoms with Crippen LogP contribution in [-0.4, -0.2) is 6.54 Å². The van der Waals surface area contributed by atoms with E-state index in [0.717, 1.165) is 18.3 Å². The lowest BCUT2D eigenvalue weighted by Gasteiger charge is -2.18. The van der Waals surface area contributed by atoms with Crippen LogP contribution in [0.15, 0.2) is 23.1 Å². The smallest absolute Gasteiger partial charge is 0.0260 e. The van der Waals surface area contributed by atoms with Crippen molar-refractivity contribution in [3.05, 3.63) is 29.3 Å². The van der Waals surface area contributed by atoms with Crippen LogP contribution >= 0.6 is 11.9 Å². The molecule has 0 radical (unpaired) electrons. The molecule has 1 nitrogen and oxygen atoms in total. The molecule has 0 amide bonds. The zero-order valence-electron chi connectivity index (χ0n) is 12.5. The first-order valence-electron chi connectivity index (χ1n) is 7.73. The highest BCUT2D eigenvalue weighted by molar-refractivity contribution is 7.97. The van der Waals surface area contributed by atoms with E-state index in [-0.39, 0.29) is 0 Å². The van der Waals surface area contributed by atoms with Crippen LogP contribution in [0.25, 0.3) is 0 Å². The van der Waals surface area contributed by atoms with Crippen molar-refractivity contribution in [1.82, 2.24) is 4.72 Å². The second kappa shape index (κ2) is 7.35. The molecular formula is C17H27NS. The molecule has 0 aromatic heterocycles. The summed E-state index contributed by atoms with van der Waals surface area (Å²) < 4.78 is 3.62. The lowest BCUT2D eigenvalue weighted by atomic mass is 9.94. The van der Waals surface area contributed by atoms with Gasteiger partial charge < -0.3 is 0 Å². The van der Waals surface area contributed by atoms with Gasteiger partial charge in [-0.15, -0.1) is 0 Å². The van der Waals surface area contributed by atoms with Crippen LogP contribution < -0.4 is 4.72 Å². The number of aryl methyl sites for hydroxylation is 2. The van der Waals surface area contributed by atoms with E-state index in [9.17, 15) is 0 Å². The third-order valence-corrected chi connectivity index (χ3v) is 5.50. The van der Waals surface area contributed by atoms with Gasteiger partial charge in [-0.2, -0.15) is 0 Å². The van der Waals surface area contributed by atoms with Crippen molar-refractivity contribution < 1.29 is 0 Å². The van der Waals surface area contributed by atoms with Gasteiger partial charge in [0.2, 0.25) is 0 Å². The molecule has 106 valence electrons. The van der Waals surface area contributed by atoms with Gasteiger partial charge in [-0.05, 0) is 60.7 Å². The van der Waals surface area contributed by atoms with Crippen LogP contribution in [0.3, 0.4) is 0 Å². The van der Waals surface area contributed by atoms with Crippen LogP contribution in [0.5, 0.6) is 0 Å². The summed E-state index contributed by atoms with van der Waals surface area (Å²) in [6, 6.07) is 6.82. The van der Waals surface area contributed by atoms with Crippen LogP contribution in [0, 0.1) is 18.8 Å². The Bertz CT molecular complexity index is 402. The molecule has 1 aromatic rings. The monoisotopic (exact) mass is 277 g/mol. The van der Waals surface area contributed by atoms with Crippen molar-refractivity contribution in [2.24, 2.45) is 11.8 Å². The van der Waals surface area contributed by atoms with Gasteiger partial charge in [0, 0.05) is 11.4 Å². The summed E-state index contributed by atoms with van der Waals surface area (Å²) in [5, 5.41) is 0. The molecule has 1 N–H and O–H groups in total. The zero-order chi connectivity index (χ0) is 13.7. The average Bonchev–Trinajstić information content (AvgIpc) is 2.88. The van der Waals surface area contributed by atoms with Crippen molar-refractivity contribution in [1.29, 1.82) is 0 Å². The van der Waals surface area contributed by atoms with Crippen LogP contribution in [0.2, 0.25) is 0 Å². The maximum atomic E-state index is 3.62. The van der Waals surface area contributed by atoms with Crippen LogP contribution in [-0.2, 0) is 6.42 Å².